The monoisotopic (exact) mass is 404 g/mol. The molecule has 150 valence electrons. The molecule has 1 saturated heterocycles. The fourth-order valence-electron chi connectivity index (χ4n) is 2.86. The van der Waals surface area contributed by atoms with Crippen LogP contribution in [0.15, 0.2) is 48.5 Å². The maximum absolute atomic E-state index is 12.1. The number of nitrogens with one attached hydrogen (secondary N) is 1. The number of benzene rings is 2. The van der Waals surface area contributed by atoms with Gasteiger partial charge in [-0.25, -0.2) is 13.1 Å². The highest BCUT2D eigenvalue weighted by molar-refractivity contribution is 7.90. The summed E-state index contributed by atoms with van der Waals surface area (Å²) in [4.78, 5) is 11.3. The van der Waals surface area contributed by atoms with Crippen LogP contribution in [0.1, 0.15) is 24.2 Å². The van der Waals surface area contributed by atoms with Crippen molar-refractivity contribution < 1.29 is 22.7 Å². The van der Waals surface area contributed by atoms with Gasteiger partial charge in [0.25, 0.3) is 0 Å². The predicted octanol–water partition coefficient (Wildman–Crippen LogP) is 1.93. The van der Waals surface area contributed by atoms with Crippen LogP contribution in [0.3, 0.4) is 0 Å². The van der Waals surface area contributed by atoms with Gasteiger partial charge >= 0.3 is 0 Å². The second-order valence-electron chi connectivity index (χ2n) is 6.98. The fourth-order valence-corrected chi connectivity index (χ4v) is 3.77. The van der Waals surface area contributed by atoms with Crippen LogP contribution < -0.4 is 15.2 Å². The number of carbonyl (C=O) groups is 1. The first-order valence-electron chi connectivity index (χ1n) is 9.02. The van der Waals surface area contributed by atoms with Crippen LogP contribution in [-0.2, 0) is 14.8 Å². The summed E-state index contributed by atoms with van der Waals surface area (Å²) in [6, 6.07) is 14.0. The van der Waals surface area contributed by atoms with E-state index in [4.69, 9.17) is 15.2 Å². The summed E-state index contributed by atoms with van der Waals surface area (Å²) in [7, 11) is -3.41. The van der Waals surface area contributed by atoms with Gasteiger partial charge in [0.1, 0.15) is 11.9 Å². The van der Waals surface area contributed by atoms with E-state index in [1.807, 2.05) is 18.2 Å². The molecule has 0 unspecified atom stereocenters. The van der Waals surface area contributed by atoms with E-state index in [0.29, 0.717) is 17.9 Å². The molecular formula is C20H24N2O5S. The molecule has 0 aromatic heterocycles. The molecule has 3 rings (SSSR count). The molecule has 0 aliphatic carbocycles. The van der Waals surface area contributed by atoms with Gasteiger partial charge in [0.05, 0.1) is 24.5 Å². The van der Waals surface area contributed by atoms with Crippen LogP contribution in [0.4, 0.5) is 0 Å². The third-order valence-electron chi connectivity index (χ3n) is 4.59. The summed E-state index contributed by atoms with van der Waals surface area (Å²) in [6.45, 7) is 3.84. The van der Waals surface area contributed by atoms with E-state index in [-0.39, 0.29) is 6.61 Å². The Bertz CT molecular complexity index is 941. The molecule has 0 saturated carbocycles. The number of hydrogen-bond donors (Lipinski definition) is 2. The Morgan fingerprint density at radius 1 is 1.14 bits per heavy atom. The van der Waals surface area contributed by atoms with Crippen molar-refractivity contribution in [3.05, 3.63) is 54.1 Å². The first kappa shape index (κ1) is 20.3. The van der Waals surface area contributed by atoms with Crippen LogP contribution >= 0.6 is 0 Å². The summed E-state index contributed by atoms with van der Waals surface area (Å²) in [6.07, 6.45) is -0.405. The second-order valence-corrected chi connectivity index (χ2v) is 9.25. The molecule has 1 aliphatic rings. The standard InChI is InChI=1S/C20H24N2O5S/c1-13(2)28(24,25)22-18-11-26-12-19(18)27-17-8-6-14(7-9-17)15-4-3-5-16(10-15)20(21)23/h3-10,13,18-19,22H,11-12H2,1-2H3,(H2,21,23)/t18-,19+/m1/s1. The summed E-state index contributed by atoms with van der Waals surface area (Å²) in [5.41, 5.74) is 7.56. The predicted molar refractivity (Wildman–Crippen MR) is 107 cm³/mol. The summed E-state index contributed by atoms with van der Waals surface area (Å²) in [5.74, 6) is 0.136. The van der Waals surface area contributed by atoms with E-state index in [2.05, 4.69) is 4.72 Å². The Balaban J connectivity index is 1.70. The average Bonchev–Trinajstić information content (AvgIpc) is 3.08. The number of carbonyl (C=O) groups excluding carboxylic acids is 1. The smallest absolute Gasteiger partial charge is 0.248 e. The second kappa shape index (κ2) is 8.30. The van der Waals surface area contributed by atoms with Crippen molar-refractivity contribution in [2.24, 2.45) is 5.73 Å². The number of sulfonamides is 1. The Morgan fingerprint density at radius 3 is 2.50 bits per heavy atom. The Morgan fingerprint density at radius 2 is 1.86 bits per heavy atom. The summed E-state index contributed by atoms with van der Waals surface area (Å²) in [5, 5.41) is -0.524. The molecule has 2 aromatic carbocycles. The minimum Gasteiger partial charge on any atom is -0.486 e. The van der Waals surface area contributed by atoms with Crippen LogP contribution in [0.25, 0.3) is 11.1 Å². The van der Waals surface area contributed by atoms with Gasteiger partial charge in [-0.1, -0.05) is 24.3 Å². The zero-order valence-electron chi connectivity index (χ0n) is 15.8. The number of nitrogens with two attached hydrogens (primary N) is 1. The lowest BCUT2D eigenvalue weighted by molar-refractivity contribution is 0.100. The fraction of sp³-hybridized carbons (Fsp3) is 0.350. The third-order valence-corrected chi connectivity index (χ3v) is 6.46. The molecule has 1 amide bonds. The molecule has 1 fully saturated rings. The van der Waals surface area contributed by atoms with Gasteiger partial charge in [-0.05, 0) is 49.2 Å². The summed E-state index contributed by atoms with van der Waals surface area (Å²) >= 11 is 0. The van der Waals surface area contributed by atoms with Crippen LogP contribution in [0.5, 0.6) is 5.75 Å². The average molecular weight is 404 g/mol. The zero-order valence-corrected chi connectivity index (χ0v) is 16.6. The highest BCUT2D eigenvalue weighted by atomic mass is 32.2. The van der Waals surface area contributed by atoms with E-state index in [1.165, 1.54) is 0 Å². The SMILES string of the molecule is CC(C)S(=O)(=O)N[C@@H]1COC[C@@H]1Oc1ccc(-c2cccc(C(N)=O)c2)cc1. The third kappa shape index (κ3) is 4.70. The molecule has 1 heterocycles. The van der Waals surface area contributed by atoms with Gasteiger partial charge in [0.2, 0.25) is 15.9 Å². The normalized spacial score (nSPS) is 19.7. The molecule has 7 nitrogen and oxygen atoms in total. The van der Waals surface area contributed by atoms with E-state index in [1.54, 1.807) is 44.2 Å². The van der Waals surface area contributed by atoms with Crippen LogP contribution in [0, 0.1) is 0 Å². The van der Waals surface area contributed by atoms with Crippen LogP contribution in [-0.4, -0.2) is 44.9 Å². The molecule has 0 spiro atoms. The van der Waals surface area contributed by atoms with Crippen molar-refractivity contribution in [1.82, 2.24) is 4.72 Å². The Kier molecular flexibility index (Phi) is 6.02. The van der Waals surface area contributed by atoms with Gasteiger partial charge in [-0.15, -0.1) is 0 Å². The minimum absolute atomic E-state index is 0.272. The topological polar surface area (TPSA) is 108 Å². The number of ether oxygens (including phenoxy) is 2. The summed E-state index contributed by atoms with van der Waals surface area (Å²) < 4.78 is 38.2. The maximum Gasteiger partial charge on any atom is 0.248 e. The molecule has 3 N–H and O–H groups in total. The van der Waals surface area contributed by atoms with Crippen molar-refractivity contribution in [3.8, 4) is 16.9 Å². The molecule has 1 aliphatic heterocycles. The van der Waals surface area contributed by atoms with Gasteiger partial charge in [-0.2, -0.15) is 0 Å². The number of rotatable bonds is 7. The highest BCUT2D eigenvalue weighted by Gasteiger charge is 2.34. The van der Waals surface area contributed by atoms with Gasteiger partial charge in [0, 0.05) is 5.56 Å². The number of hydrogen-bond acceptors (Lipinski definition) is 5. The zero-order chi connectivity index (χ0) is 20.3. The van der Waals surface area contributed by atoms with E-state index in [9.17, 15) is 13.2 Å². The van der Waals surface area contributed by atoms with Crippen molar-refractivity contribution >= 4 is 15.9 Å². The Hall–Kier alpha value is -2.42. The van der Waals surface area contributed by atoms with E-state index >= 15 is 0 Å². The van der Waals surface area contributed by atoms with Crippen LogP contribution in [0.2, 0.25) is 0 Å². The van der Waals surface area contributed by atoms with Crippen molar-refractivity contribution in [3.63, 3.8) is 0 Å². The van der Waals surface area contributed by atoms with Gasteiger partial charge in [0.15, 0.2) is 0 Å². The van der Waals surface area contributed by atoms with Crippen molar-refractivity contribution in [1.29, 1.82) is 0 Å². The van der Waals surface area contributed by atoms with Crippen molar-refractivity contribution in [2.45, 2.75) is 31.2 Å². The first-order chi connectivity index (χ1) is 13.3. The van der Waals surface area contributed by atoms with Crippen molar-refractivity contribution in [2.75, 3.05) is 13.2 Å². The molecule has 0 bridgehead atoms. The van der Waals surface area contributed by atoms with E-state index < -0.39 is 33.3 Å². The lowest BCUT2D eigenvalue weighted by Gasteiger charge is -2.21. The van der Waals surface area contributed by atoms with Gasteiger partial charge < -0.3 is 15.2 Å². The largest absolute Gasteiger partial charge is 0.486 e. The highest BCUT2D eigenvalue weighted by Crippen LogP contribution is 2.25. The van der Waals surface area contributed by atoms with E-state index in [0.717, 1.165) is 11.1 Å². The minimum atomic E-state index is -3.41. The molecule has 2 aromatic rings. The number of amides is 1. The molecule has 8 heteroatoms. The molecule has 0 radical (unpaired) electrons. The quantitative estimate of drug-likeness (QED) is 0.733. The molecule has 2 atom stereocenters. The molecule has 28 heavy (non-hydrogen) atoms. The first-order valence-corrected chi connectivity index (χ1v) is 10.6. The maximum atomic E-state index is 12.1. The molecular weight excluding hydrogens is 380 g/mol. The van der Waals surface area contributed by atoms with Gasteiger partial charge in [-0.3, -0.25) is 4.79 Å². The Labute approximate surface area is 164 Å². The number of primary amides is 1. The lowest BCUT2D eigenvalue weighted by Crippen LogP contribution is -2.47. The lowest BCUT2D eigenvalue weighted by atomic mass is 10.0.